The Balaban J connectivity index is 3.26. The molecule has 13 heavy (non-hydrogen) atoms. The molecule has 3 heteroatoms. The Labute approximate surface area is 76.0 Å². The number of hydrogen-bond acceptors (Lipinski definition) is 2. The van der Waals surface area contributed by atoms with Gasteiger partial charge >= 0.3 is 5.97 Å². The fourth-order valence-electron chi connectivity index (χ4n) is 1.05. The molecule has 0 aromatic heterocycles. The first-order chi connectivity index (χ1) is 6.16. The monoisotopic (exact) mass is 178 g/mol. The lowest BCUT2D eigenvalue weighted by Crippen LogP contribution is -1.97. The van der Waals surface area contributed by atoms with Crippen LogP contribution in [0.1, 0.15) is 22.8 Å². The van der Waals surface area contributed by atoms with Crippen LogP contribution < -0.4 is 0 Å². The van der Waals surface area contributed by atoms with Gasteiger partial charge in [-0.15, -0.1) is 0 Å². The van der Waals surface area contributed by atoms with Gasteiger partial charge in [-0.25, -0.2) is 4.79 Å². The molecule has 0 saturated carbocycles. The molecule has 0 spiro atoms. The van der Waals surface area contributed by atoms with Crippen LogP contribution in [0.5, 0.6) is 5.75 Å². The SMILES string of the molecule is CC=Cc1cccc(C(=O)O)c1O. The van der Waals surface area contributed by atoms with E-state index in [-0.39, 0.29) is 11.3 Å². The largest absolute Gasteiger partial charge is 0.506 e. The highest BCUT2D eigenvalue weighted by Crippen LogP contribution is 2.23. The first-order valence-corrected chi connectivity index (χ1v) is 3.84. The standard InChI is InChI=1S/C10H10O3/c1-2-4-7-5-3-6-8(9(7)11)10(12)13/h2-6,11H,1H3,(H,12,13). The molecule has 0 bridgehead atoms. The molecular weight excluding hydrogens is 168 g/mol. The van der Waals surface area contributed by atoms with Gasteiger partial charge in [-0.05, 0) is 13.0 Å². The first kappa shape index (κ1) is 9.32. The van der Waals surface area contributed by atoms with E-state index in [0.29, 0.717) is 5.56 Å². The lowest BCUT2D eigenvalue weighted by Gasteiger charge is -2.01. The van der Waals surface area contributed by atoms with Crippen molar-refractivity contribution < 1.29 is 15.0 Å². The third-order valence-corrected chi connectivity index (χ3v) is 1.64. The molecule has 0 unspecified atom stereocenters. The van der Waals surface area contributed by atoms with E-state index in [4.69, 9.17) is 5.11 Å². The van der Waals surface area contributed by atoms with Gasteiger partial charge in [-0.3, -0.25) is 0 Å². The molecule has 1 aromatic carbocycles. The molecule has 3 nitrogen and oxygen atoms in total. The number of aromatic hydroxyl groups is 1. The van der Waals surface area contributed by atoms with E-state index in [2.05, 4.69) is 0 Å². The number of hydrogen-bond donors (Lipinski definition) is 2. The topological polar surface area (TPSA) is 57.5 Å². The van der Waals surface area contributed by atoms with E-state index in [1.54, 1.807) is 31.2 Å². The highest BCUT2D eigenvalue weighted by atomic mass is 16.4. The molecule has 2 N–H and O–H groups in total. The van der Waals surface area contributed by atoms with E-state index >= 15 is 0 Å². The maximum Gasteiger partial charge on any atom is 0.339 e. The minimum Gasteiger partial charge on any atom is -0.506 e. The van der Waals surface area contributed by atoms with Crippen molar-refractivity contribution in [2.45, 2.75) is 6.92 Å². The fraction of sp³-hybridized carbons (Fsp3) is 0.100. The van der Waals surface area contributed by atoms with Gasteiger partial charge in [0.1, 0.15) is 11.3 Å². The minimum absolute atomic E-state index is 0.0735. The minimum atomic E-state index is -1.12. The first-order valence-electron chi connectivity index (χ1n) is 3.84. The molecular formula is C10H10O3. The summed E-state index contributed by atoms with van der Waals surface area (Å²) in [5.74, 6) is -1.31. The number of aromatic carboxylic acids is 1. The number of allylic oxidation sites excluding steroid dienone is 1. The summed E-state index contributed by atoms with van der Waals surface area (Å²) >= 11 is 0. The smallest absolute Gasteiger partial charge is 0.339 e. The summed E-state index contributed by atoms with van der Waals surface area (Å²) in [7, 11) is 0. The molecule has 0 fully saturated rings. The van der Waals surface area contributed by atoms with Crippen molar-refractivity contribution in [2.24, 2.45) is 0 Å². The van der Waals surface area contributed by atoms with Gasteiger partial charge in [0.25, 0.3) is 0 Å². The zero-order chi connectivity index (χ0) is 9.84. The van der Waals surface area contributed by atoms with Crippen LogP contribution in [0.15, 0.2) is 24.3 Å². The number of rotatable bonds is 2. The van der Waals surface area contributed by atoms with Gasteiger partial charge in [0, 0.05) is 5.56 Å². The van der Waals surface area contributed by atoms with Crippen LogP contribution in [-0.4, -0.2) is 16.2 Å². The van der Waals surface area contributed by atoms with Crippen molar-refractivity contribution >= 4 is 12.0 Å². The molecule has 0 heterocycles. The number of carboxylic acids is 1. The van der Waals surface area contributed by atoms with E-state index in [1.165, 1.54) is 6.07 Å². The highest BCUT2D eigenvalue weighted by molar-refractivity contribution is 5.92. The van der Waals surface area contributed by atoms with Gasteiger partial charge < -0.3 is 10.2 Å². The number of phenols is 1. The quantitative estimate of drug-likeness (QED) is 0.729. The van der Waals surface area contributed by atoms with Crippen LogP contribution in [-0.2, 0) is 0 Å². The second kappa shape index (κ2) is 3.76. The summed E-state index contributed by atoms with van der Waals surface area (Å²) in [6.45, 7) is 1.80. The maximum absolute atomic E-state index is 10.6. The Kier molecular flexibility index (Phi) is 2.69. The van der Waals surface area contributed by atoms with Gasteiger partial charge in [0.05, 0.1) is 0 Å². The van der Waals surface area contributed by atoms with E-state index in [1.807, 2.05) is 0 Å². The Hall–Kier alpha value is -1.77. The third kappa shape index (κ3) is 1.87. The average Bonchev–Trinajstić information content (AvgIpc) is 2.08. The van der Waals surface area contributed by atoms with Crippen molar-refractivity contribution in [3.63, 3.8) is 0 Å². The molecule has 0 aliphatic carbocycles. The molecule has 0 amide bonds. The highest BCUT2D eigenvalue weighted by Gasteiger charge is 2.10. The molecule has 0 saturated heterocycles. The normalized spacial score (nSPS) is 10.5. The van der Waals surface area contributed by atoms with Crippen LogP contribution >= 0.6 is 0 Å². The van der Waals surface area contributed by atoms with Crippen molar-refractivity contribution in [3.8, 4) is 5.75 Å². The molecule has 0 atom stereocenters. The predicted octanol–water partition coefficient (Wildman–Crippen LogP) is 2.12. The summed E-state index contributed by atoms with van der Waals surface area (Å²) in [6, 6.07) is 4.62. The second-order valence-electron chi connectivity index (χ2n) is 2.55. The summed E-state index contributed by atoms with van der Waals surface area (Å²) in [6.07, 6.45) is 3.39. The van der Waals surface area contributed by atoms with Crippen LogP contribution in [0.4, 0.5) is 0 Å². The molecule has 1 rings (SSSR count). The third-order valence-electron chi connectivity index (χ3n) is 1.64. The van der Waals surface area contributed by atoms with Crippen LogP contribution in [0, 0.1) is 0 Å². The molecule has 68 valence electrons. The van der Waals surface area contributed by atoms with Gasteiger partial charge in [0.15, 0.2) is 0 Å². The van der Waals surface area contributed by atoms with E-state index < -0.39 is 5.97 Å². The second-order valence-corrected chi connectivity index (χ2v) is 2.55. The summed E-state index contributed by atoms with van der Waals surface area (Å²) < 4.78 is 0. The van der Waals surface area contributed by atoms with Crippen LogP contribution in [0.3, 0.4) is 0 Å². The number of carboxylic acid groups (broad SMARTS) is 1. The zero-order valence-electron chi connectivity index (χ0n) is 7.19. The van der Waals surface area contributed by atoms with Crippen molar-refractivity contribution in [2.75, 3.05) is 0 Å². The average molecular weight is 178 g/mol. The maximum atomic E-state index is 10.6. The molecule has 0 aliphatic heterocycles. The van der Waals surface area contributed by atoms with Crippen LogP contribution in [0.25, 0.3) is 6.08 Å². The van der Waals surface area contributed by atoms with Gasteiger partial charge in [-0.2, -0.15) is 0 Å². The van der Waals surface area contributed by atoms with Gasteiger partial charge in [-0.1, -0.05) is 24.3 Å². The van der Waals surface area contributed by atoms with Gasteiger partial charge in [0.2, 0.25) is 0 Å². The van der Waals surface area contributed by atoms with Crippen molar-refractivity contribution in [3.05, 3.63) is 35.4 Å². The lowest BCUT2D eigenvalue weighted by molar-refractivity contribution is 0.0693. The lowest BCUT2D eigenvalue weighted by atomic mass is 10.1. The van der Waals surface area contributed by atoms with Crippen molar-refractivity contribution in [1.82, 2.24) is 0 Å². The molecule has 1 aromatic rings. The van der Waals surface area contributed by atoms with E-state index in [0.717, 1.165) is 0 Å². The summed E-state index contributed by atoms with van der Waals surface area (Å²) in [5.41, 5.74) is 0.443. The van der Waals surface area contributed by atoms with Crippen LogP contribution in [0.2, 0.25) is 0 Å². The number of para-hydroxylation sites is 1. The Bertz CT molecular complexity index is 353. The number of benzene rings is 1. The zero-order valence-corrected chi connectivity index (χ0v) is 7.19. The van der Waals surface area contributed by atoms with Crippen molar-refractivity contribution in [1.29, 1.82) is 0 Å². The summed E-state index contributed by atoms with van der Waals surface area (Å²) in [5, 5.41) is 18.1. The Morgan fingerprint density at radius 2 is 2.15 bits per heavy atom. The fourth-order valence-corrected chi connectivity index (χ4v) is 1.05. The summed E-state index contributed by atoms with van der Waals surface area (Å²) in [4.78, 5) is 10.6. The predicted molar refractivity (Wildman–Crippen MR) is 49.8 cm³/mol. The number of carbonyl (C=O) groups is 1. The molecule has 0 radical (unpaired) electrons. The van der Waals surface area contributed by atoms with E-state index in [9.17, 15) is 9.90 Å². The Morgan fingerprint density at radius 1 is 1.46 bits per heavy atom. The Morgan fingerprint density at radius 3 is 2.69 bits per heavy atom. The molecule has 0 aliphatic rings.